The molecule has 0 saturated heterocycles. The number of aromatic amines is 1. The molecule has 2 N–H and O–H groups in total. The summed E-state index contributed by atoms with van der Waals surface area (Å²) in [7, 11) is -4.31. The average molecular weight is 601 g/mol. The van der Waals surface area contributed by atoms with Crippen molar-refractivity contribution in [3.8, 4) is 11.1 Å². The van der Waals surface area contributed by atoms with Crippen molar-refractivity contribution in [1.82, 2.24) is 19.3 Å². The van der Waals surface area contributed by atoms with Crippen LogP contribution in [0.15, 0.2) is 101 Å². The number of sulfonamides is 1. The Morgan fingerprint density at radius 2 is 1.76 bits per heavy atom. The van der Waals surface area contributed by atoms with Gasteiger partial charge >= 0.3 is 0 Å². The van der Waals surface area contributed by atoms with Gasteiger partial charge in [-0.2, -0.15) is 0 Å². The normalized spacial score (nSPS) is 11.7. The molecule has 0 unspecified atom stereocenters. The van der Waals surface area contributed by atoms with Gasteiger partial charge in [0, 0.05) is 33.7 Å². The molecule has 3 aromatic heterocycles. The fourth-order valence-electron chi connectivity index (χ4n) is 5.02. The van der Waals surface area contributed by atoms with E-state index in [1.165, 1.54) is 53.2 Å². The van der Waals surface area contributed by atoms with Gasteiger partial charge in [0.25, 0.3) is 21.5 Å². The zero-order chi connectivity index (χ0) is 29.6. The number of rotatable bonds is 6. The van der Waals surface area contributed by atoms with Crippen LogP contribution in [0.1, 0.15) is 21.6 Å². The van der Waals surface area contributed by atoms with E-state index in [9.17, 15) is 18.0 Å². The number of hydrogen-bond acceptors (Lipinski definition) is 5. The monoisotopic (exact) mass is 600 g/mol. The lowest BCUT2D eigenvalue weighted by Gasteiger charge is -2.14. The second-order valence-corrected chi connectivity index (χ2v) is 11.8. The first-order valence-corrected chi connectivity index (χ1v) is 14.7. The summed E-state index contributed by atoms with van der Waals surface area (Å²) < 4.78 is 45.1. The number of amides is 1. The van der Waals surface area contributed by atoms with Crippen LogP contribution in [0.2, 0.25) is 5.15 Å². The smallest absolute Gasteiger partial charge is 0.282 e. The fourth-order valence-corrected chi connectivity index (χ4v) is 6.19. The first-order valence-electron chi connectivity index (χ1n) is 12.8. The van der Waals surface area contributed by atoms with Crippen molar-refractivity contribution in [3.63, 3.8) is 0 Å². The lowest BCUT2D eigenvalue weighted by atomic mass is 10.0. The Morgan fingerprint density at radius 1 is 1.02 bits per heavy atom. The zero-order valence-electron chi connectivity index (χ0n) is 22.1. The van der Waals surface area contributed by atoms with Crippen molar-refractivity contribution in [1.29, 1.82) is 0 Å². The van der Waals surface area contributed by atoms with E-state index in [0.717, 1.165) is 5.39 Å². The molecule has 0 radical (unpaired) electrons. The lowest BCUT2D eigenvalue weighted by Crippen LogP contribution is -2.33. The molecule has 210 valence electrons. The SMILES string of the molecule is Cc1cc2c(-c3ccc[nH]c3=O)c(C(=O)NS(=O)(=O)c3ccccc3)n(Cc3cc4ccccc4nc3Cl)c2cc1F. The summed E-state index contributed by atoms with van der Waals surface area (Å²) in [6.07, 6.45) is 1.44. The Morgan fingerprint density at radius 3 is 2.52 bits per heavy atom. The number of nitrogens with zero attached hydrogens (tertiary/aromatic N) is 2. The second kappa shape index (κ2) is 10.6. The Hall–Kier alpha value is -4.80. The van der Waals surface area contributed by atoms with E-state index < -0.39 is 27.3 Å². The molecular weight excluding hydrogens is 579 g/mol. The minimum Gasteiger partial charge on any atom is -0.331 e. The molecular formula is C31H22ClFN4O4S. The molecule has 3 aromatic carbocycles. The molecule has 0 saturated carbocycles. The molecule has 0 aliphatic rings. The maximum absolute atomic E-state index is 15.1. The van der Waals surface area contributed by atoms with Crippen LogP contribution < -0.4 is 10.3 Å². The highest BCUT2D eigenvalue weighted by Gasteiger charge is 2.29. The molecule has 0 spiro atoms. The van der Waals surface area contributed by atoms with Gasteiger partial charge in [-0.15, -0.1) is 0 Å². The van der Waals surface area contributed by atoms with Gasteiger partial charge in [0.1, 0.15) is 16.7 Å². The summed E-state index contributed by atoms with van der Waals surface area (Å²) in [5.41, 5.74) is 1.30. The van der Waals surface area contributed by atoms with Crippen molar-refractivity contribution >= 4 is 49.3 Å². The molecule has 0 bridgehead atoms. The van der Waals surface area contributed by atoms with E-state index in [1.54, 1.807) is 31.2 Å². The lowest BCUT2D eigenvalue weighted by molar-refractivity contribution is 0.0974. The molecule has 6 aromatic rings. The van der Waals surface area contributed by atoms with Gasteiger partial charge in [-0.1, -0.05) is 48.0 Å². The number of carbonyl (C=O) groups is 1. The highest BCUT2D eigenvalue weighted by molar-refractivity contribution is 7.90. The minimum atomic E-state index is -4.31. The number of fused-ring (bicyclic) bond motifs is 2. The molecule has 42 heavy (non-hydrogen) atoms. The number of nitrogens with one attached hydrogen (secondary N) is 2. The first kappa shape index (κ1) is 27.4. The predicted octanol–water partition coefficient (Wildman–Crippen LogP) is 5.81. The van der Waals surface area contributed by atoms with Crippen molar-refractivity contribution in [3.05, 3.63) is 129 Å². The van der Waals surface area contributed by atoms with Gasteiger partial charge < -0.3 is 9.55 Å². The number of benzene rings is 3. The van der Waals surface area contributed by atoms with E-state index in [4.69, 9.17) is 11.6 Å². The largest absolute Gasteiger partial charge is 0.331 e. The maximum atomic E-state index is 15.1. The molecule has 11 heteroatoms. The summed E-state index contributed by atoms with van der Waals surface area (Å²) in [4.78, 5) is 34.0. The number of pyridine rings is 2. The topological polar surface area (TPSA) is 114 Å². The van der Waals surface area contributed by atoms with Crippen molar-refractivity contribution in [2.24, 2.45) is 0 Å². The van der Waals surface area contributed by atoms with Crippen LogP contribution in [0, 0.1) is 12.7 Å². The summed E-state index contributed by atoms with van der Waals surface area (Å²) >= 11 is 6.58. The summed E-state index contributed by atoms with van der Waals surface area (Å²) in [6, 6.07) is 22.5. The molecule has 6 rings (SSSR count). The van der Waals surface area contributed by atoms with Crippen molar-refractivity contribution in [2.75, 3.05) is 0 Å². The number of aromatic nitrogens is 3. The summed E-state index contributed by atoms with van der Waals surface area (Å²) in [5, 5.41) is 1.33. The first-order chi connectivity index (χ1) is 20.1. The molecule has 0 aliphatic carbocycles. The number of aryl methyl sites for hydroxylation is 1. The third-order valence-electron chi connectivity index (χ3n) is 7.01. The summed E-state index contributed by atoms with van der Waals surface area (Å²) in [5.74, 6) is -1.54. The quantitative estimate of drug-likeness (QED) is 0.234. The molecule has 0 atom stereocenters. The maximum Gasteiger partial charge on any atom is 0.282 e. The standard InChI is InChI=1S/C31H22ClFN4O4S/c1-18-14-23-26(16-24(18)33)37(17-20-15-19-8-5-6-12-25(19)35-29(20)32)28(27(23)22-11-7-13-34-30(22)38)31(39)36-42(40,41)21-9-3-2-4-10-21/h2-16H,17H2,1H3,(H,34,38)(H,36,39). The van der Waals surface area contributed by atoms with E-state index in [-0.39, 0.29) is 44.5 Å². The van der Waals surface area contributed by atoms with Crippen molar-refractivity contribution < 1.29 is 17.6 Å². The molecule has 0 fully saturated rings. The second-order valence-electron chi connectivity index (χ2n) is 9.72. The van der Waals surface area contributed by atoms with Gasteiger partial charge in [0.2, 0.25) is 0 Å². The fraction of sp³-hybridized carbons (Fsp3) is 0.0645. The number of halogens is 2. The van der Waals surface area contributed by atoms with E-state index in [2.05, 4.69) is 14.7 Å². The Balaban J connectivity index is 1.64. The number of hydrogen-bond donors (Lipinski definition) is 2. The van der Waals surface area contributed by atoms with Crippen LogP contribution in [0.4, 0.5) is 4.39 Å². The summed E-state index contributed by atoms with van der Waals surface area (Å²) in [6.45, 7) is 1.49. The van der Waals surface area contributed by atoms with Crippen LogP contribution in [-0.4, -0.2) is 28.9 Å². The molecule has 1 amide bonds. The number of H-pyrrole nitrogens is 1. The highest BCUT2D eigenvalue weighted by Crippen LogP contribution is 2.36. The van der Waals surface area contributed by atoms with Gasteiger partial charge in [-0.05, 0) is 61.0 Å². The van der Waals surface area contributed by atoms with Crippen LogP contribution in [0.25, 0.3) is 32.9 Å². The van der Waals surface area contributed by atoms with Crippen LogP contribution in [0.3, 0.4) is 0 Å². The Bertz CT molecular complexity index is 2190. The molecule has 8 nitrogen and oxygen atoms in total. The van der Waals surface area contributed by atoms with E-state index >= 15 is 4.39 Å². The Labute approximate surface area is 244 Å². The minimum absolute atomic E-state index is 0.0749. The number of carbonyl (C=O) groups excluding carboxylic acids is 1. The van der Waals surface area contributed by atoms with Gasteiger partial charge in [-0.3, -0.25) is 9.59 Å². The van der Waals surface area contributed by atoms with Crippen LogP contribution in [-0.2, 0) is 16.6 Å². The average Bonchev–Trinajstić information content (AvgIpc) is 3.26. The van der Waals surface area contributed by atoms with Gasteiger partial charge in [-0.25, -0.2) is 22.5 Å². The Kier molecular flexibility index (Phi) is 6.88. The third kappa shape index (κ3) is 4.84. The number of para-hydroxylation sites is 1. The van der Waals surface area contributed by atoms with E-state index in [1.807, 2.05) is 18.2 Å². The van der Waals surface area contributed by atoms with E-state index in [0.29, 0.717) is 16.5 Å². The van der Waals surface area contributed by atoms with Gasteiger partial charge in [0.15, 0.2) is 0 Å². The van der Waals surface area contributed by atoms with Crippen LogP contribution >= 0.6 is 11.6 Å². The van der Waals surface area contributed by atoms with Crippen molar-refractivity contribution in [2.45, 2.75) is 18.4 Å². The zero-order valence-corrected chi connectivity index (χ0v) is 23.6. The third-order valence-corrected chi connectivity index (χ3v) is 8.68. The predicted molar refractivity (Wildman–Crippen MR) is 160 cm³/mol. The van der Waals surface area contributed by atoms with Crippen LogP contribution in [0.5, 0.6) is 0 Å². The highest BCUT2D eigenvalue weighted by atomic mass is 35.5. The molecule has 0 aliphatic heterocycles. The molecule has 3 heterocycles. The van der Waals surface area contributed by atoms with Gasteiger partial charge in [0.05, 0.1) is 22.5 Å².